The second-order valence-electron chi connectivity index (χ2n) is 3.94. The van der Waals surface area contributed by atoms with Gasteiger partial charge < -0.3 is 5.32 Å². The van der Waals surface area contributed by atoms with Gasteiger partial charge in [-0.3, -0.25) is 9.63 Å². The van der Waals surface area contributed by atoms with E-state index in [1.165, 1.54) is 20.2 Å². The van der Waals surface area contributed by atoms with E-state index in [2.05, 4.69) is 10.3 Å². The van der Waals surface area contributed by atoms with Gasteiger partial charge in [0.25, 0.3) is 5.91 Å². The molecule has 0 bridgehead atoms. The Hall–Kier alpha value is -1.40. The molecule has 0 saturated carbocycles. The zero-order valence-electron chi connectivity index (χ0n) is 10.6. The van der Waals surface area contributed by atoms with Crippen LogP contribution in [0.1, 0.15) is 24.3 Å². The van der Waals surface area contributed by atoms with Crippen LogP contribution in [0.4, 0.5) is 10.1 Å². The third kappa shape index (κ3) is 3.30. The molecule has 0 aliphatic carbocycles. The molecule has 0 radical (unpaired) electrons. The van der Waals surface area contributed by atoms with Crippen molar-refractivity contribution in [2.24, 2.45) is 0 Å². The van der Waals surface area contributed by atoms with Crippen LogP contribution in [0.3, 0.4) is 0 Å². The monoisotopic (exact) mass is 275 g/mol. The van der Waals surface area contributed by atoms with Crippen molar-refractivity contribution in [3.63, 3.8) is 0 Å². The highest BCUT2D eigenvalue weighted by molar-refractivity contribution is 6.30. The van der Waals surface area contributed by atoms with Crippen LogP contribution in [0.15, 0.2) is 6.07 Å². The Bertz CT molecular complexity index is 454. The summed E-state index contributed by atoms with van der Waals surface area (Å²) < 4.78 is 13.7. The molecule has 1 amide bonds. The third-order valence-electron chi connectivity index (χ3n) is 2.14. The molecule has 1 aromatic rings. The highest BCUT2D eigenvalue weighted by atomic mass is 35.5. The van der Waals surface area contributed by atoms with Gasteiger partial charge in [-0.15, -0.1) is 0 Å². The van der Waals surface area contributed by atoms with Gasteiger partial charge in [0, 0.05) is 13.1 Å². The Morgan fingerprint density at radius 1 is 1.61 bits per heavy atom. The van der Waals surface area contributed by atoms with Crippen molar-refractivity contribution in [2.75, 3.05) is 19.5 Å². The second kappa shape index (κ2) is 5.97. The highest BCUT2D eigenvalue weighted by Gasteiger charge is 2.18. The number of rotatable bonds is 4. The predicted molar refractivity (Wildman–Crippen MR) is 67.1 cm³/mol. The fraction of sp³-hybridized carbons (Fsp3) is 0.455. The van der Waals surface area contributed by atoms with E-state index in [0.29, 0.717) is 0 Å². The summed E-state index contributed by atoms with van der Waals surface area (Å²) in [6.07, 6.45) is 0. The minimum absolute atomic E-state index is 0.000994. The fourth-order valence-electron chi connectivity index (χ4n) is 1.27. The summed E-state index contributed by atoms with van der Waals surface area (Å²) in [5.74, 6) is -1.19. The first kappa shape index (κ1) is 14.7. The van der Waals surface area contributed by atoms with E-state index in [-0.39, 0.29) is 22.6 Å². The maximum atomic E-state index is 13.7. The van der Waals surface area contributed by atoms with Gasteiger partial charge in [0.15, 0.2) is 11.0 Å². The lowest BCUT2D eigenvalue weighted by Crippen LogP contribution is -2.26. The van der Waals surface area contributed by atoms with Gasteiger partial charge in [0.05, 0.1) is 12.8 Å². The van der Waals surface area contributed by atoms with Gasteiger partial charge in [-0.05, 0) is 19.9 Å². The average Bonchev–Trinajstić information content (AvgIpc) is 2.32. The molecule has 100 valence electrons. The molecule has 0 spiro atoms. The number of anilines is 1. The van der Waals surface area contributed by atoms with E-state index in [4.69, 9.17) is 16.4 Å². The number of hydrogen-bond acceptors (Lipinski definition) is 4. The largest absolute Gasteiger partial charge is 0.380 e. The number of hydroxylamine groups is 2. The maximum Gasteiger partial charge on any atom is 0.295 e. The third-order valence-corrected chi connectivity index (χ3v) is 2.39. The van der Waals surface area contributed by atoms with Crippen molar-refractivity contribution >= 4 is 23.2 Å². The molecule has 1 N–H and O–H groups in total. The summed E-state index contributed by atoms with van der Waals surface area (Å²) in [7, 11) is 2.77. The number of nitrogens with zero attached hydrogens (tertiary/aromatic N) is 2. The van der Waals surface area contributed by atoms with Crippen molar-refractivity contribution in [3.05, 3.63) is 22.7 Å². The van der Waals surface area contributed by atoms with Crippen LogP contribution in [-0.4, -0.2) is 36.2 Å². The maximum absolute atomic E-state index is 13.7. The standard InChI is InChI=1S/C11H15ClFN3O2/c1-6(2)14-7-5-8(11(17)16(3)18-4)15-10(12)9(7)13/h5-6H,1-4H3,(H,14,15). The SMILES string of the molecule is CON(C)C(=O)c1cc(NC(C)C)c(F)c(Cl)n1. The van der Waals surface area contributed by atoms with Gasteiger partial charge in [-0.25, -0.2) is 14.4 Å². The smallest absolute Gasteiger partial charge is 0.295 e. The van der Waals surface area contributed by atoms with Crippen LogP contribution in [-0.2, 0) is 4.84 Å². The molecule has 1 rings (SSSR count). The normalized spacial score (nSPS) is 10.6. The summed E-state index contributed by atoms with van der Waals surface area (Å²) >= 11 is 5.66. The molecule has 18 heavy (non-hydrogen) atoms. The second-order valence-corrected chi connectivity index (χ2v) is 4.30. The highest BCUT2D eigenvalue weighted by Crippen LogP contribution is 2.23. The molecule has 0 atom stereocenters. The summed E-state index contributed by atoms with van der Waals surface area (Å²) in [6, 6.07) is 1.31. The van der Waals surface area contributed by atoms with Gasteiger partial charge in [0.2, 0.25) is 0 Å². The first-order valence-electron chi connectivity index (χ1n) is 5.31. The van der Waals surface area contributed by atoms with E-state index in [9.17, 15) is 9.18 Å². The number of halogens is 2. The molecule has 0 aromatic carbocycles. The summed E-state index contributed by atoms with van der Waals surface area (Å²) in [5.41, 5.74) is 0.145. The van der Waals surface area contributed by atoms with E-state index in [1.807, 2.05) is 13.8 Å². The van der Waals surface area contributed by atoms with E-state index in [1.54, 1.807) is 0 Å². The summed E-state index contributed by atoms with van der Waals surface area (Å²) in [5, 5.41) is 3.48. The Morgan fingerprint density at radius 3 is 2.72 bits per heavy atom. The van der Waals surface area contributed by atoms with Crippen LogP contribution in [0.25, 0.3) is 0 Å². The zero-order valence-corrected chi connectivity index (χ0v) is 11.4. The minimum atomic E-state index is -0.679. The molecule has 7 heteroatoms. The van der Waals surface area contributed by atoms with Crippen LogP contribution in [0.2, 0.25) is 5.15 Å². The fourth-order valence-corrected chi connectivity index (χ4v) is 1.46. The van der Waals surface area contributed by atoms with Crippen molar-refractivity contribution in [1.82, 2.24) is 10.0 Å². The summed E-state index contributed by atoms with van der Waals surface area (Å²) in [6.45, 7) is 3.69. The number of carbonyl (C=O) groups excluding carboxylic acids is 1. The van der Waals surface area contributed by atoms with Gasteiger partial charge in [0.1, 0.15) is 5.69 Å². The van der Waals surface area contributed by atoms with Gasteiger partial charge in [-0.1, -0.05) is 11.6 Å². The quantitative estimate of drug-likeness (QED) is 0.677. The molecule has 0 fully saturated rings. The molecular formula is C11H15ClFN3O2. The molecule has 1 heterocycles. The number of pyridine rings is 1. The number of aromatic nitrogens is 1. The van der Waals surface area contributed by atoms with Gasteiger partial charge >= 0.3 is 0 Å². The number of amides is 1. The average molecular weight is 276 g/mol. The number of hydrogen-bond donors (Lipinski definition) is 1. The van der Waals surface area contributed by atoms with E-state index in [0.717, 1.165) is 5.06 Å². The molecular weight excluding hydrogens is 261 g/mol. The van der Waals surface area contributed by atoms with Crippen LogP contribution in [0.5, 0.6) is 0 Å². The van der Waals surface area contributed by atoms with Crippen LogP contribution < -0.4 is 5.32 Å². The van der Waals surface area contributed by atoms with E-state index < -0.39 is 11.7 Å². The van der Waals surface area contributed by atoms with Crippen molar-refractivity contribution < 1.29 is 14.0 Å². The van der Waals surface area contributed by atoms with Crippen LogP contribution in [0, 0.1) is 5.82 Å². The number of nitrogens with one attached hydrogen (secondary N) is 1. The van der Waals surface area contributed by atoms with Crippen molar-refractivity contribution in [1.29, 1.82) is 0 Å². The predicted octanol–water partition coefficient (Wildman–Crippen LogP) is 2.33. The van der Waals surface area contributed by atoms with Crippen molar-refractivity contribution in [3.8, 4) is 0 Å². The van der Waals surface area contributed by atoms with Gasteiger partial charge in [-0.2, -0.15) is 0 Å². The molecule has 1 aromatic heterocycles. The molecule has 5 nitrogen and oxygen atoms in total. The molecule has 0 saturated heterocycles. The first-order valence-corrected chi connectivity index (χ1v) is 5.69. The number of carbonyl (C=O) groups is 1. The Labute approximate surface area is 110 Å². The zero-order chi connectivity index (χ0) is 13.9. The Kier molecular flexibility index (Phi) is 4.86. The first-order chi connectivity index (χ1) is 8.36. The minimum Gasteiger partial charge on any atom is -0.380 e. The molecule has 0 aliphatic rings. The topological polar surface area (TPSA) is 54.5 Å². The van der Waals surface area contributed by atoms with E-state index >= 15 is 0 Å². The van der Waals surface area contributed by atoms with Crippen LogP contribution >= 0.6 is 11.6 Å². The molecule has 0 unspecified atom stereocenters. The Balaban J connectivity index is 3.15. The molecule has 0 aliphatic heterocycles. The lowest BCUT2D eigenvalue weighted by Gasteiger charge is -2.16. The summed E-state index contributed by atoms with van der Waals surface area (Å²) in [4.78, 5) is 20.2. The van der Waals surface area contributed by atoms with Crippen molar-refractivity contribution in [2.45, 2.75) is 19.9 Å². The lowest BCUT2D eigenvalue weighted by molar-refractivity contribution is -0.0760. The lowest BCUT2D eigenvalue weighted by atomic mass is 10.2. The Morgan fingerprint density at radius 2 is 2.22 bits per heavy atom.